The van der Waals surface area contributed by atoms with Crippen LogP contribution in [0.5, 0.6) is 0 Å². The van der Waals surface area contributed by atoms with E-state index in [1.54, 1.807) is 65.6 Å². The Morgan fingerprint density at radius 2 is 1.27 bits per heavy atom. The molecule has 3 N–H and O–H groups in total. The van der Waals surface area contributed by atoms with Crippen LogP contribution in [0.25, 0.3) is 0 Å². The molecule has 2 fully saturated rings. The molecule has 1 aromatic heterocycles. The first-order valence-electron chi connectivity index (χ1n) is 26.6. The highest BCUT2D eigenvalue weighted by molar-refractivity contribution is 7.48. The number of phosphoric acid groups is 2. The number of ether oxygens (including phenoxy) is 8. The number of nitrogens with zero attached hydrogens (tertiary/aromatic N) is 2. The van der Waals surface area contributed by atoms with E-state index < -0.39 is 149 Å². The number of rotatable bonds is 28. The van der Waals surface area contributed by atoms with E-state index in [9.17, 15) is 57.2 Å². The van der Waals surface area contributed by atoms with Crippen molar-refractivity contribution in [1.82, 2.24) is 14.9 Å². The van der Waals surface area contributed by atoms with Crippen molar-refractivity contribution in [2.45, 2.75) is 150 Å². The summed E-state index contributed by atoms with van der Waals surface area (Å²) in [5.74, 6) is -12.1. The quantitative estimate of drug-likeness (QED) is 0.0531. The molecular formula is C53H73N5O25P2. The lowest BCUT2D eigenvalue weighted by molar-refractivity contribution is -0.894. The number of phosphoric ester groups is 2. The van der Waals surface area contributed by atoms with Crippen LogP contribution >= 0.6 is 15.6 Å². The van der Waals surface area contributed by atoms with Gasteiger partial charge in [-0.05, 0) is 38.0 Å². The predicted molar refractivity (Wildman–Crippen MR) is 290 cm³/mol. The number of nitrogens with one attached hydrogen (secondary N) is 3. The van der Waals surface area contributed by atoms with Crippen LogP contribution in [0, 0.1) is 0 Å². The molecule has 3 aromatic rings. The van der Waals surface area contributed by atoms with Crippen LogP contribution in [-0.2, 0) is 121 Å². The summed E-state index contributed by atoms with van der Waals surface area (Å²) in [6.07, 6.45) is -15.4. The molecule has 0 bridgehead atoms. The van der Waals surface area contributed by atoms with Gasteiger partial charge in [-0.25, -0.2) is 14.2 Å². The fraction of sp³-hybridized carbons (Fsp3) is 0.547. The van der Waals surface area contributed by atoms with Gasteiger partial charge in [-0.2, -0.15) is 4.98 Å². The first-order valence-corrected chi connectivity index (χ1v) is 29.5. The van der Waals surface area contributed by atoms with Crippen molar-refractivity contribution in [3.8, 4) is 0 Å². The molecule has 0 aliphatic carbocycles. The molecule has 2 aliphatic rings. The normalized spacial score (nSPS) is 22.4. The second kappa shape index (κ2) is 33.2. The number of carbonyl (C=O) groups is 8. The van der Waals surface area contributed by atoms with Crippen LogP contribution in [-0.4, -0.2) is 152 Å². The van der Waals surface area contributed by atoms with Crippen molar-refractivity contribution in [2.75, 3.05) is 45.3 Å². The van der Waals surface area contributed by atoms with Crippen molar-refractivity contribution in [1.29, 1.82) is 0 Å². The third-order valence-corrected chi connectivity index (χ3v) is 14.7. The number of esters is 6. The van der Waals surface area contributed by atoms with Gasteiger partial charge in [-0.1, -0.05) is 60.7 Å². The van der Waals surface area contributed by atoms with Crippen molar-refractivity contribution in [2.24, 2.45) is 0 Å². The number of benzene rings is 2. The fourth-order valence-corrected chi connectivity index (χ4v) is 10.8. The first kappa shape index (κ1) is 70.7. The number of carbonyl (C=O) groups excluding carboxylic acids is 8. The molecule has 0 saturated carbocycles. The lowest BCUT2D eigenvalue weighted by Gasteiger charge is -2.49. The summed E-state index contributed by atoms with van der Waals surface area (Å²) in [4.78, 5) is 135. The largest absolute Gasteiger partial charge is 0.756 e. The Labute approximate surface area is 489 Å². The Morgan fingerprint density at radius 1 is 0.729 bits per heavy atom. The minimum atomic E-state index is -6.16. The molecule has 1 unspecified atom stereocenters. The number of hydrogen-bond acceptors (Lipinski definition) is 26. The molecule has 32 heteroatoms. The van der Waals surface area contributed by atoms with E-state index in [1.807, 2.05) is 0 Å². The van der Waals surface area contributed by atoms with Crippen LogP contribution in [0.15, 0.2) is 77.7 Å². The third kappa shape index (κ3) is 22.2. The zero-order valence-corrected chi connectivity index (χ0v) is 50.6. The number of amides is 2. The van der Waals surface area contributed by atoms with Gasteiger partial charge < -0.3 is 62.8 Å². The highest BCUT2D eigenvalue weighted by Gasteiger charge is 2.61. The Kier molecular flexibility index (Phi) is 27.6. The van der Waals surface area contributed by atoms with Crippen LogP contribution in [0.3, 0.4) is 0 Å². The Bertz CT molecular complexity index is 2860. The van der Waals surface area contributed by atoms with Gasteiger partial charge in [-0.15, -0.1) is 0 Å². The van der Waals surface area contributed by atoms with Gasteiger partial charge >= 0.3 is 49.3 Å². The molecule has 0 radical (unpaired) electrons. The van der Waals surface area contributed by atoms with E-state index in [4.69, 9.17) is 60.5 Å². The molecule has 2 saturated heterocycles. The summed E-state index contributed by atoms with van der Waals surface area (Å²) < 4.78 is 102. The summed E-state index contributed by atoms with van der Waals surface area (Å²) in [6, 6.07) is 16.1. The van der Waals surface area contributed by atoms with Gasteiger partial charge in [0.05, 0.1) is 65.6 Å². The van der Waals surface area contributed by atoms with E-state index in [0.717, 1.165) is 66.3 Å². The van der Waals surface area contributed by atoms with Crippen molar-refractivity contribution in [3.05, 3.63) is 94.5 Å². The molecule has 3 heterocycles. The summed E-state index contributed by atoms with van der Waals surface area (Å²) >= 11 is 0. The number of methoxy groups -OCH3 is 1. The minimum Gasteiger partial charge on any atom is -0.756 e. The maximum absolute atomic E-state index is 14.5. The molecule has 470 valence electrons. The maximum Gasteiger partial charge on any atom is 0.475 e. The highest BCUT2D eigenvalue weighted by Crippen LogP contribution is 2.52. The van der Waals surface area contributed by atoms with E-state index >= 15 is 0 Å². The Hall–Kier alpha value is -6.82. The molecule has 2 aliphatic heterocycles. The van der Waals surface area contributed by atoms with Crippen molar-refractivity contribution >= 4 is 69.1 Å². The lowest BCUT2D eigenvalue weighted by Crippen LogP contribution is -3.11. The van der Waals surface area contributed by atoms with Crippen molar-refractivity contribution < 1.29 is 118 Å². The average molecular weight is 1240 g/mol. The topological polar surface area (TPSA) is 377 Å². The van der Waals surface area contributed by atoms with Gasteiger partial charge in [0.2, 0.25) is 11.8 Å². The SMILES string of the molecule is CC[NH+](CC)CC.COC(=O)[C@]1(OP(=O)([O-])OC[C@H]2O[C@@H](n3ccc(NC(C)=O)nc3=O)[C@H](OC(C)=O)[C@@H]2OC(C)=O)C[C@H](OC(C)=O)[C@@H](NC(C)=O)[C@H]([C@H](OC(C)=O)[C@@H](COP(=O)(OCc2ccccc2)OCc2ccccc2)OC(C)=O)O1. The smallest absolute Gasteiger partial charge is 0.475 e. The summed E-state index contributed by atoms with van der Waals surface area (Å²) in [5, 5.41) is 4.75. The van der Waals surface area contributed by atoms with Gasteiger partial charge in [0, 0.05) is 54.7 Å². The van der Waals surface area contributed by atoms with E-state index in [-0.39, 0.29) is 19.0 Å². The molecule has 5 rings (SSSR count). The lowest BCUT2D eigenvalue weighted by atomic mass is 9.88. The zero-order valence-electron chi connectivity index (χ0n) is 48.8. The van der Waals surface area contributed by atoms with Gasteiger partial charge in [0.15, 0.2) is 30.6 Å². The fourth-order valence-electron chi connectivity index (χ4n) is 8.72. The van der Waals surface area contributed by atoms with Gasteiger partial charge in [0.1, 0.15) is 24.1 Å². The summed E-state index contributed by atoms with van der Waals surface area (Å²) in [5.41, 5.74) is -0.0666. The van der Waals surface area contributed by atoms with Gasteiger partial charge in [0.25, 0.3) is 13.6 Å². The van der Waals surface area contributed by atoms with E-state index in [1.165, 1.54) is 25.7 Å². The van der Waals surface area contributed by atoms with E-state index in [2.05, 4.69) is 36.4 Å². The van der Waals surface area contributed by atoms with Crippen LogP contribution in [0.1, 0.15) is 93.0 Å². The third-order valence-electron chi connectivity index (χ3n) is 12.4. The Morgan fingerprint density at radius 3 is 1.73 bits per heavy atom. The standard InChI is InChI=1S/C47H58N4O25P2.C6H15N/c1-26(52)48-38-19-20-51(46(60)50-38)44-43(73-32(7)58)41(72-31(6)57)37(74-44)24-65-77(61,62)76-47(45(59)64-8)21-35(69-28(3)54)39(49-27(2)53)42(75-47)40(71-30(5)56)36(70-29(4)55)25-68-78(63,66-22-33-15-11-9-12-16-33)67-23-34-17-13-10-14-18-34;1-4-7(5-2)6-3/h9-20,35-37,39-44H,21-25H2,1-8H3,(H,49,53)(H,61,62)(H,48,50,52,60);4-6H2,1-3H3/t35-,36+,37+,39+,40+,41+,42+,43+,44+,47+;/m0./s1. The number of anilines is 1. The summed E-state index contributed by atoms with van der Waals surface area (Å²) in [7, 11) is -10.2. The maximum atomic E-state index is 14.5. The van der Waals surface area contributed by atoms with Crippen LogP contribution in [0.2, 0.25) is 0 Å². The van der Waals surface area contributed by atoms with Gasteiger partial charge in [-0.3, -0.25) is 60.8 Å². The monoisotopic (exact) mass is 1240 g/mol. The van der Waals surface area contributed by atoms with Crippen molar-refractivity contribution in [3.63, 3.8) is 0 Å². The zero-order chi connectivity index (χ0) is 63.2. The number of aromatic nitrogens is 2. The molecule has 85 heavy (non-hydrogen) atoms. The van der Waals surface area contributed by atoms with E-state index in [0.29, 0.717) is 11.1 Å². The molecule has 0 spiro atoms. The molecule has 30 nitrogen and oxygen atoms in total. The second-order valence-corrected chi connectivity index (χ2v) is 21.9. The highest BCUT2D eigenvalue weighted by atomic mass is 31.2. The van der Waals surface area contributed by atoms with Crippen LogP contribution < -0.4 is 26.1 Å². The first-order chi connectivity index (χ1) is 40.1. The Balaban J connectivity index is 0.00000208. The number of quaternary nitrogens is 1. The summed E-state index contributed by atoms with van der Waals surface area (Å²) in [6.45, 7) is 14.2. The molecule has 2 amide bonds. The van der Waals surface area contributed by atoms with Crippen LogP contribution in [0.4, 0.5) is 5.82 Å². The minimum absolute atomic E-state index is 0.189. The average Bonchev–Trinajstić information content (AvgIpc) is 1.75. The number of hydrogen-bond donors (Lipinski definition) is 3. The molecular weight excluding hydrogens is 1170 g/mol. The second-order valence-electron chi connectivity index (χ2n) is 18.9. The molecule has 11 atom stereocenters. The molecule has 2 aromatic carbocycles. The predicted octanol–water partition coefficient (Wildman–Crippen LogP) is 1.91.